The van der Waals surface area contributed by atoms with Crippen LogP contribution in [0.25, 0.3) is 11.3 Å². The quantitative estimate of drug-likeness (QED) is 0.562. The lowest BCUT2D eigenvalue weighted by Gasteiger charge is -2.37. The first-order valence-electron chi connectivity index (χ1n) is 11.3. The number of hydrogen-bond acceptors (Lipinski definition) is 7. The Bertz CT molecular complexity index is 1070. The molecule has 3 heterocycles. The molecule has 0 amide bonds. The van der Waals surface area contributed by atoms with Crippen LogP contribution in [0.3, 0.4) is 0 Å². The van der Waals surface area contributed by atoms with Crippen LogP contribution in [0.2, 0.25) is 0 Å². The number of para-hydroxylation sites is 1. The van der Waals surface area contributed by atoms with Crippen molar-refractivity contribution >= 4 is 11.6 Å². The first-order chi connectivity index (χ1) is 15.8. The number of hydrazine groups is 1. The molecule has 1 atom stereocenters. The van der Waals surface area contributed by atoms with E-state index in [4.69, 9.17) is 9.72 Å². The fourth-order valence-corrected chi connectivity index (χ4v) is 4.39. The summed E-state index contributed by atoms with van der Waals surface area (Å²) >= 11 is 0. The molecule has 3 aromatic rings. The molecule has 1 unspecified atom stereocenters. The molecule has 1 aliphatic carbocycles. The number of ether oxygens (including phenoxy) is 1. The molecule has 8 heteroatoms. The van der Waals surface area contributed by atoms with Crippen molar-refractivity contribution < 1.29 is 4.74 Å². The number of rotatable bonds is 7. The van der Waals surface area contributed by atoms with Crippen molar-refractivity contribution in [3.63, 3.8) is 0 Å². The van der Waals surface area contributed by atoms with E-state index < -0.39 is 0 Å². The Hall–Kier alpha value is -3.28. The molecule has 164 valence electrons. The van der Waals surface area contributed by atoms with Gasteiger partial charge in [-0.2, -0.15) is 10.4 Å². The summed E-state index contributed by atoms with van der Waals surface area (Å²) in [5.74, 6) is 1.16. The monoisotopic (exact) mass is 429 g/mol. The fourth-order valence-electron chi connectivity index (χ4n) is 4.39. The van der Waals surface area contributed by atoms with Gasteiger partial charge in [-0.25, -0.2) is 20.0 Å². The summed E-state index contributed by atoms with van der Waals surface area (Å²) in [6.45, 7) is 2.91. The van der Waals surface area contributed by atoms with Crippen molar-refractivity contribution in [1.29, 1.82) is 5.26 Å². The highest BCUT2D eigenvalue weighted by atomic mass is 16.5. The lowest BCUT2D eigenvalue weighted by molar-refractivity contribution is 0.0371. The van der Waals surface area contributed by atoms with Gasteiger partial charge in [0.15, 0.2) is 0 Å². The van der Waals surface area contributed by atoms with Gasteiger partial charge in [0, 0.05) is 31.0 Å². The maximum absolute atomic E-state index is 9.29. The van der Waals surface area contributed by atoms with E-state index in [1.165, 1.54) is 19.3 Å². The Morgan fingerprint density at radius 1 is 1.16 bits per heavy atom. The van der Waals surface area contributed by atoms with Gasteiger partial charge in [-0.3, -0.25) is 4.68 Å². The van der Waals surface area contributed by atoms with Gasteiger partial charge < -0.3 is 4.74 Å². The Morgan fingerprint density at radius 3 is 2.69 bits per heavy atom. The van der Waals surface area contributed by atoms with Crippen molar-refractivity contribution in [2.45, 2.75) is 31.7 Å². The average Bonchev–Trinajstić information content (AvgIpc) is 3.30. The predicted octanol–water partition coefficient (Wildman–Crippen LogP) is 3.98. The van der Waals surface area contributed by atoms with Gasteiger partial charge in [0.1, 0.15) is 0 Å². The molecule has 5 rings (SSSR count). The van der Waals surface area contributed by atoms with Crippen molar-refractivity contribution in [2.75, 3.05) is 31.3 Å². The molecule has 0 spiro atoms. The van der Waals surface area contributed by atoms with Gasteiger partial charge >= 0.3 is 0 Å². The second kappa shape index (κ2) is 9.47. The van der Waals surface area contributed by atoms with Gasteiger partial charge in [-0.05, 0) is 37.0 Å². The molecule has 1 saturated heterocycles. The van der Waals surface area contributed by atoms with Crippen LogP contribution in [-0.2, 0) is 4.74 Å². The summed E-state index contributed by atoms with van der Waals surface area (Å²) in [6, 6.07) is 14.6. The summed E-state index contributed by atoms with van der Waals surface area (Å²) in [4.78, 5) is 9.51. The predicted molar refractivity (Wildman–Crippen MR) is 121 cm³/mol. The molecular weight excluding hydrogens is 402 g/mol. The van der Waals surface area contributed by atoms with E-state index in [9.17, 15) is 5.26 Å². The molecule has 32 heavy (non-hydrogen) atoms. The highest BCUT2D eigenvalue weighted by molar-refractivity contribution is 5.61. The van der Waals surface area contributed by atoms with Crippen LogP contribution in [0, 0.1) is 17.2 Å². The van der Waals surface area contributed by atoms with E-state index in [-0.39, 0.29) is 6.04 Å². The van der Waals surface area contributed by atoms with Crippen molar-refractivity contribution in [2.24, 2.45) is 5.92 Å². The zero-order valence-corrected chi connectivity index (χ0v) is 18.0. The Balaban J connectivity index is 1.46. The maximum Gasteiger partial charge on any atom is 0.245 e. The number of anilines is 2. The fraction of sp³-hybridized carbons (Fsp3) is 0.417. The lowest BCUT2D eigenvalue weighted by atomic mass is 9.79. The minimum Gasteiger partial charge on any atom is -0.379 e. The zero-order chi connectivity index (χ0) is 21.8. The van der Waals surface area contributed by atoms with Crippen LogP contribution in [0.5, 0.6) is 0 Å². The number of benzene rings is 1. The number of morpholine rings is 1. The Kier molecular flexibility index (Phi) is 6.10. The van der Waals surface area contributed by atoms with Crippen LogP contribution in [0.4, 0.5) is 11.6 Å². The molecule has 2 aliphatic rings. The van der Waals surface area contributed by atoms with Crippen LogP contribution in [0.15, 0.2) is 55.0 Å². The summed E-state index contributed by atoms with van der Waals surface area (Å²) in [5, 5.41) is 18.2. The molecule has 1 saturated carbocycles. The smallest absolute Gasteiger partial charge is 0.245 e. The molecule has 2 fully saturated rings. The summed E-state index contributed by atoms with van der Waals surface area (Å²) in [6.07, 6.45) is 9.73. The van der Waals surface area contributed by atoms with Crippen LogP contribution < -0.4 is 5.01 Å². The summed E-state index contributed by atoms with van der Waals surface area (Å²) in [5.41, 5.74) is 2.77. The number of hydrogen-bond donors (Lipinski definition) is 0. The summed E-state index contributed by atoms with van der Waals surface area (Å²) < 4.78 is 7.51. The third-order valence-corrected chi connectivity index (χ3v) is 6.33. The molecule has 1 aliphatic heterocycles. The lowest BCUT2D eigenvalue weighted by Crippen LogP contribution is -2.47. The molecule has 8 nitrogen and oxygen atoms in total. The molecular formula is C24H27N7O. The van der Waals surface area contributed by atoms with Crippen molar-refractivity contribution in [1.82, 2.24) is 24.8 Å². The van der Waals surface area contributed by atoms with E-state index in [2.05, 4.69) is 38.3 Å². The number of aromatic nitrogens is 4. The van der Waals surface area contributed by atoms with Crippen LogP contribution in [-0.4, -0.2) is 51.1 Å². The average molecular weight is 430 g/mol. The van der Waals surface area contributed by atoms with Gasteiger partial charge in [-0.1, -0.05) is 24.6 Å². The minimum absolute atomic E-state index is 0.137. The second-order valence-corrected chi connectivity index (χ2v) is 8.28. The van der Waals surface area contributed by atoms with E-state index in [1.807, 2.05) is 41.3 Å². The van der Waals surface area contributed by atoms with E-state index in [0.29, 0.717) is 31.5 Å². The largest absolute Gasteiger partial charge is 0.379 e. The standard InChI is InChI=1S/C24H27N7O/c25-11-9-23(19-5-4-6-19)30-18-20(17-27-30)22-10-12-26-24(28-22)31(21-7-2-1-3-8-21)29-13-15-32-16-14-29/h1-3,7-8,10,12,17-19,23H,4-6,9,13-16H2. The third kappa shape index (κ3) is 4.22. The first kappa shape index (κ1) is 20.6. The normalized spacial score (nSPS) is 18.0. The first-order valence-corrected chi connectivity index (χ1v) is 11.3. The second-order valence-electron chi connectivity index (χ2n) is 8.28. The Labute approximate surface area is 188 Å². The molecule has 2 aromatic heterocycles. The maximum atomic E-state index is 9.29. The van der Waals surface area contributed by atoms with E-state index in [1.54, 1.807) is 6.20 Å². The summed E-state index contributed by atoms with van der Waals surface area (Å²) in [7, 11) is 0. The van der Waals surface area contributed by atoms with Gasteiger partial charge in [0.05, 0.1) is 49.3 Å². The number of nitrogens with zero attached hydrogens (tertiary/aromatic N) is 7. The van der Waals surface area contributed by atoms with Crippen LogP contribution >= 0.6 is 0 Å². The third-order valence-electron chi connectivity index (χ3n) is 6.33. The van der Waals surface area contributed by atoms with Crippen molar-refractivity contribution in [3.8, 4) is 17.3 Å². The number of nitriles is 1. The Morgan fingerprint density at radius 2 is 1.97 bits per heavy atom. The van der Waals surface area contributed by atoms with Gasteiger partial charge in [0.25, 0.3) is 0 Å². The highest BCUT2D eigenvalue weighted by Gasteiger charge is 2.29. The van der Waals surface area contributed by atoms with E-state index >= 15 is 0 Å². The minimum atomic E-state index is 0.137. The molecule has 0 N–H and O–H groups in total. The van der Waals surface area contributed by atoms with Gasteiger partial charge in [0.2, 0.25) is 5.95 Å². The molecule has 0 radical (unpaired) electrons. The van der Waals surface area contributed by atoms with Crippen LogP contribution in [0.1, 0.15) is 31.7 Å². The molecule has 1 aromatic carbocycles. The van der Waals surface area contributed by atoms with E-state index in [0.717, 1.165) is 30.0 Å². The van der Waals surface area contributed by atoms with Gasteiger partial charge in [-0.15, -0.1) is 0 Å². The molecule has 0 bridgehead atoms. The SMILES string of the molecule is N#CCC(C1CCC1)n1cc(-c2ccnc(N(c3ccccc3)N3CCOCC3)n2)cn1. The highest BCUT2D eigenvalue weighted by Crippen LogP contribution is 2.38. The zero-order valence-electron chi connectivity index (χ0n) is 18.0. The topological polar surface area (TPSA) is 83.1 Å². The van der Waals surface area contributed by atoms with Crippen molar-refractivity contribution in [3.05, 3.63) is 55.0 Å².